The Morgan fingerprint density at radius 2 is 1.82 bits per heavy atom. The van der Waals surface area contributed by atoms with Gasteiger partial charge in [0.2, 0.25) is 0 Å². The maximum atomic E-state index is 12.2. The molecule has 100 valence electrons. The second kappa shape index (κ2) is 5.54. The van der Waals surface area contributed by atoms with Crippen molar-refractivity contribution in [2.75, 3.05) is 45.8 Å². The zero-order chi connectivity index (χ0) is 12.3. The molecule has 3 nitrogen and oxygen atoms in total. The van der Waals surface area contributed by atoms with E-state index in [0.29, 0.717) is 19.1 Å². The van der Waals surface area contributed by atoms with Crippen LogP contribution in [0.1, 0.15) is 12.8 Å². The van der Waals surface area contributed by atoms with E-state index in [1.165, 1.54) is 17.7 Å². The van der Waals surface area contributed by atoms with E-state index in [2.05, 4.69) is 10.2 Å². The van der Waals surface area contributed by atoms with Crippen molar-refractivity contribution in [1.29, 1.82) is 0 Å². The first-order valence-electron chi connectivity index (χ1n) is 6.28. The monoisotopic (exact) mass is 251 g/mol. The first-order valence-corrected chi connectivity index (χ1v) is 6.28. The summed E-state index contributed by atoms with van der Waals surface area (Å²) >= 11 is 0. The average molecular weight is 251 g/mol. The van der Waals surface area contributed by atoms with Crippen molar-refractivity contribution in [3.8, 4) is 0 Å². The molecule has 2 rings (SSSR count). The van der Waals surface area contributed by atoms with Crippen molar-refractivity contribution in [1.82, 2.24) is 15.1 Å². The Morgan fingerprint density at radius 1 is 1.12 bits per heavy atom. The topological polar surface area (TPSA) is 18.5 Å². The van der Waals surface area contributed by atoms with Crippen LogP contribution >= 0.6 is 0 Å². The highest BCUT2D eigenvalue weighted by molar-refractivity contribution is 4.83. The lowest BCUT2D eigenvalue weighted by Crippen LogP contribution is -2.55. The Bertz CT molecular complexity index is 231. The van der Waals surface area contributed by atoms with Crippen LogP contribution in [0.15, 0.2) is 0 Å². The second-order valence-electron chi connectivity index (χ2n) is 4.93. The van der Waals surface area contributed by atoms with Crippen LogP contribution < -0.4 is 5.32 Å². The predicted octanol–water partition coefficient (Wildman–Crippen LogP) is 0.918. The maximum absolute atomic E-state index is 12.2. The summed E-state index contributed by atoms with van der Waals surface area (Å²) in [6.45, 7) is 3.91. The van der Waals surface area contributed by atoms with Crippen molar-refractivity contribution in [3.05, 3.63) is 0 Å². The van der Waals surface area contributed by atoms with Crippen LogP contribution in [0.5, 0.6) is 0 Å². The predicted molar refractivity (Wildman–Crippen MR) is 60.0 cm³/mol. The van der Waals surface area contributed by atoms with Crippen molar-refractivity contribution >= 4 is 0 Å². The molecule has 1 atom stereocenters. The van der Waals surface area contributed by atoms with Gasteiger partial charge >= 0.3 is 6.18 Å². The molecule has 0 aromatic heterocycles. The van der Waals surface area contributed by atoms with Gasteiger partial charge < -0.3 is 5.32 Å². The molecule has 1 N–H and O–H groups in total. The molecule has 6 heteroatoms. The molecule has 0 bridgehead atoms. The van der Waals surface area contributed by atoms with Crippen LogP contribution in [0.3, 0.4) is 0 Å². The van der Waals surface area contributed by atoms with Crippen LogP contribution in [0, 0.1) is 0 Å². The fourth-order valence-electron chi connectivity index (χ4n) is 2.69. The van der Waals surface area contributed by atoms with Crippen molar-refractivity contribution in [3.63, 3.8) is 0 Å². The summed E-state index contributed by atoms with van der Waals surface area (Å²) in [5.41, 5.74) is 0. The van der Waals surface area contributed by atoms with E-state index in [1.807, 2.05) is 0 Å². The number of nitrogens with zero attached hydrogens (tertiary/aromatic N) is 2. The smallest absolute Gasteiger partial charge is 0.315 e. The van der Waals surface area contributed by atoms with Gasteiger partial charge in [0, 0.05) is 38.8 Å². The van der Waals surface area contributed by atoms with Crippen LogP contribution in [-0.4, -0.2) is 67.8 Å². The van der Waals surface area contributed by atoms with Gasteiger partial charge in [0.05, 0.1) is 6.54 Å². The number of hydrogen-bond acceptors (Lipinski definition) is 3. The lowest BCUT2D eigenvalue weighted by molar-refractivity contribution is -0.149. The quantitative estimate of drug-likeness (QED) is 0.787. The summed E-state index contributed by atoms with van der Waals surface area (Å²) in [6.07, 6.45) is -1.71. The number of hydrogen-bond donors (Lipinski definition) is 1. The Kier molecular flexibility index (Phi) is 4.27. The number of nitrogens with one attached hydrogen (secondary N) is 1. The summed E-state index contributed by atoms with van der Waals surface area (Å²) in [5, 5.41) is 3.35. The van der Waals surface area contributed by atoms with Gasteiger partial charge in [0.1, 0.15) is 0 Å². The second-order valence-corrected chi connectivity index (χ2v) is 4.93. The first kappa shape index (κ1) is 13.1. The van der Waals surface area contributed by atoms with Crippen LogP contribution in [-0.2, 0) is 0 Å². The van der Waals surface area contributed by atoms with Crippen LogP contribution in [0.25, 0.3) is 0 Å². The molecule has 0 radical (unpaired) electrons. The Morgan fingerprint density at radius 3 is 2.35 bits per heavy atom. The van der Waals surface area contributed by atoms with E-state index >= 15 is 0 Å². The Balaban J connectivity index is 1.73. The SMILES string of the molecule is FC(F)(F)CN1CCN(C2CCCNC2)CC1. The fraction of sp³-hybridized carbons (Fsp3) is 1.00. The number of halogens is 3. The lowest BCUT2D eigenvalue weighted by Gasteiger charge is -2.40. The molecule has 0 amide bonds. The molecule has 1 unspecified atom stereocenters. The normalized spacial score (nSPS) is 29.5. The van der Waals surface area contributed by atoms with E-state index in [-0.39, 0.29) is 0 Å². The van der Waals surface area contributed by atoms with Gasteiger partial charge in [0.15, 0.2) is 0 Å². The molecule has 2 fully saturated rings. The van der Waals surface area contributed by atoms with E-state index < -0.39 is 12.7 Å². The third kappa shape index (κ3) is 4.12. The maximum Gasteiger partial charge on any atom is 0.401 e. The summed E-state index contributed by atoms with van der Waals surface area (Å²) in [7, 11) is 0. The Hall–Kier alpha value is -0.330. The number of piperidine rings is 1. The summed E-state index contributed by atoms with van der Waals surface area (Å²) in [5.74, 6) is 0. The van der Waals surface area contributed by atoms with Gasteiger partial charge in [-0.15, -0.1) is 0 Å². The molecular formula is C11H20F3N3. The van der Waals surface area contributed by atoms with Crippen LogP contribution in [0.4, 0.5) is 13.2 Å². The van der Waals surface area contributed by atoms with Crippen molar-refractivity contribution in [2.45, 2.75) is 25.1 Å². The first-order chi connectivity index (χ1) is 8.04. The van der Waals surface area contributed by atoms with Gasteiger partial charge in [-0.25, -0.2) is 0 Å². The molecule has 2 aliphatic heterocycles. The minimum absolute atomic E-state index is 0.525. The molecule has 0 aromatic rings. The standard InChI is InChI=1S/C11H20F3N3/c12-11(13,14)9-16-4-6-17(7-5-16)10-2-1-3-15-8-10/h10,15H,1-9H2. The molecule has 2 heterocycles. The minimum atomic E-state index is -4.06. The molecule has 0 saturated carbocycles. The molecule has 2 saturated heterocycles. The van der Waals surface area contributed by atoms with Crippen molar-refractivity contribution < 1.29 is 13.2 Å². The summed E-state index contributed by atoms with van der Waals surface area (Å²) in [6, 6.07) is 0.525. The van der Waals surface area contributed by atoms with Crippen LogP contribution in [0.2, 0.25) is 0 Å². The molecule has 2 aliphatic rings. The van der Waals surface area contributed by atoms with Crippen molar-refractivity contribution in [2.24, 2.45) is 0 Å². The third-order valence-electron chi connectivity index (χ3n) is 3.60. The van der Waals surface area contributed by atoms with Gasteiger partial charge in [0.25, 0.3) is 0 Å². The largest absolute Gasteiger partial charge is 0.401 e. The van der Waals surface area contributed by atoms with Gasteiger partial charge in [-0.05, 0) is 19.4 Å². The van der Waals surface area contributed by atoms with E-state index in [9.17, 15) is 13.2 Å². The fourth-order valence-corrected chi connectivity index (χ4v) is 2.69. The van der Waals surface area contributed by atoms with Gasteiger partial charge in [-0.3, -0.25) is 9.80 Å². The molecule has 0 spiro atoms. The highest BCUT2D eigenvalue weighted by atomic mass is 19.4. The molecular weight excluding hydrogens is 231 g/mol. The van der Waals surface area contributed by atoms with E-state index in [4.69, 9.17) is 0 Å². The summed E-state index contributed by atoms with van der Waals surface area (Å²) < 4.78 is 36.7. The molecule has 0 aliphatic carbocycles. The zero-order valence-corrected chi connectivity index (χ0v) is 9.97. The number of piperazine rings is 1. The van der Waals surface area contributed by atoms with Gasteiger partial charge in [-0.1, -0.05) is 0 Å². The highest BCUT2D eigenvalue weighted by Gasteiger charge is 2.33. The zero-order valence-electron chi connectivity index (χ0n) is 9.97. The molecule has 0 aromatic carbocycles. The lowest BCUT2D eigenvalue weighted by atomic mass is 10.1. The molecule has 17 heavy (non-hydrogen) atoms. The minimum Gasteiger partial charge on any atom is -0.315 e. The average Bonchev–Trinajstić information content (AvgIpc) is 2.29. The third-order valence-corrected chi connectivity index (χ3v) is 3.60. The summed E-state index contributed by atoms with van der Waals surface area (Å²) in [4.78, 5) is 3.84. The highest BCUT2D eigenvalue weighted by Crippen LogP contribution is 2.19. The van der Waals surface area contributed by atoms with E-state index in [0.717, 1.165) is 26.2 Å². The van der Waals surface area contributed by atoms with E-state index in [1.54, 1.807) is 0 Å². The number of rotatable bonds is 2. The Labute approximate surface area is 99.9 Å². The van der Waals surface area contributed by atoms with Gasteiger partial charge in [-0.2, -0.15) is 13.2 Å². The number of alkyl halides is 3.